The Kier molecular flexibility index (Phi) is 8.64. The molecule has 0 radical (unpaired) electrons. The van der Waals surface area contributed by atoms with Crippen LogP contribution >= 0.6 is 15.9 Å². The highest BCUT2D eigenvalue weighted by Crippen LogP contribution is 2.35. The standard InChI is InChI=1S/C23H23BrN2O5/c1-5-30-20-10-16(18(24)11-21(20)31-13-22(27)29-4)9-17(12-25)23(28)26-19-8-6-7-14(2)15(19)3/h6-11H,5,13H2,1-4H3,(H,26,28)/b17-9+. The van der Waals surface area contributed by atoms with Gasteiger partial charge in [-0.05, 0) is 61.7 Å². The molecule has 0 aliphatic heterocycles. The van der Waals surface area contributed by atoms with Gasteiger partial charge in [0.25, 0.3) is 5.91 Å². The second-order valence-corrected chi connectivity index (χ2v) is 7.34. The van der Waals surface area contributed by atoms with Crippen molar-refractivity contribution in [1.82, 2.24) is 0 Å². The van der Waals surface area contributed by atoms with Crippen LogP contribution in [0, 0.1) is 25.2 Å². The number of hydrogen-bond donors (Lipinski definition) is 1. The normalized spacial score (nSPS) is 10.8. The van der Waals surface area contributed by atoms with Gasteiger partial charge < -0.3 is 19.5 Å². The van der Waals surface area contributed by atoms with Gasteiger partial charge in [-0.3, -0.25) is 4.79 Å². The average Bonchev–Trinajstić information content (AvgIpc) is 2.75. The third-order valence-corrected chi connectivity index (χ3v) is 5.14. The van der Waals surface area contributed by atoms with Gasteiger partial charge in [0.1, 0.15) is 11.6 Å². The molecule has 7 nitrogen and oxygen atoms in total. The van der Waals surface area contributed by atoms with E-state index in [0.717, 1.165) is 11.1 Å². The highest BCUT2D eigenvalue weighted by atomic mass is 79.9. The molecule has 0 saturated carbocycles. The zero-order valence-electron chi connectivity index (χ0n) is 17.7. The molecule has 0 unspecified atom stereocenters. The van der Waals surface area contributed by atoms with Crippen molar-refractivity contribution >= 4 is 39.6 Å². The molecule has 2 aromatic carbocycles. The molecule has 0 atom stereocenters. The summed E-state index contributed by atoms with van der Waals surface area (Å²) in [5, 5.41) is 12.3. The first-order valence-corrected chi connectivity index (χ1v) is 10.2. The topological polar surface area (TPSA) is 97.6 Å². The Morgan fingerprint density at radius 3 is 2.55 bits per heavy atom. The molecule has 0 aromatic heterocycles. The van der Waals surface area contributed by atoms with Gasteiger partial charge in [-0.25, -0.2) is 4.79 Å². The van der Waals surface area contributed by atoms with Crippen LogP contribution in [-0.2, 0) is 14.3 Å². The van der Waals surface area contributed by atoms with Crippen LogP contribution in [-0.4, -0.2) is 32.2 Å². The van der Waals surface area contributed by atoms with E-state index in [1.165, 1.54) is 13.2 Å². The van der Waals surface area contributed by atoms with Gasteiger partial charge in [0.2, 0.25) is 0 Å². The van der Waals surface area contributed by atoms with Crippen LogP contribution in [0.4, 0.5) is 5.69 Å². The first kappa shape index (κ1) is 24.0. The van der Waals surface area contributed by atoms with Crippen molar-refractivity contribution in [2.75, 3.05) is 25.6 Å². The van der Waals surface area contributed by atoms with E-state index in [4.69, 9.17) is 9.47 Å². The lowest BCUT2D eigenvalue weighted by Gasteiger charge is -2.14. The summed E-state index contributed by atoms with van der Waals surface area (Å²) in [5.74, 6) is -0.354. The third kappa shape index (κ3) is 6.33. The van der Waals surface area contributed by atoms with Crippen molar-refractivity contribution in [1.29, 1.82) is 5.26 Å². The first-order chi connectivity index (χ1) is 14.8. The van der Waals surface area contributed by atoms with Crippen molar-refractivity contribution in [2.24, 2.45) is 0 Å². The SMILES string of the molecule is CCOc1cc(/C=C(\C#N)C(=O)Nc2cccc(C)c2C)c(Br)cc1OCC(=O)OC. The predicted octanol–water partition coefficient (Wildman–Crippen LogP) is 4.56. The molecule has 0 spiro atoms. The van der Waals surface area contributed by atoms with E-state index in [1.807, 2.05) is 32.0 Å². The zero-order chi connectivity index (χ0) is 23.0. The second-order valence-electron chi connectivity index (χ2n) is 6.49. The highest BCUT2D eigenvalue weighted by Gasteiger charge is 2.16. The number of aryl methyl sites for hydroxylation is 1. The number of benzene rings is 2. The summed E-state index contributed by atoms with van der Waals surface area (Å²) in [7, 11) is 1.27. The number of halogens is 1. The summed E-state index contributed by atoms with van der Waals surface area (Å²) in [6, 6.07) is 10.7. The Balaban J connectivity index is 2.35. The van der Waals surface area contributed by atoms with E-state index in [1.54, 1.807) is 25.1 Å². The van der Waals surface area contributed by atoms with Gasteiger partial charge in [0, 0.05) is 10.2 Å². The van der Waals surface area contributed by atoms with Gasteiger partial charge in [-0.1, -0.05) is 28.1 Å². The number of rotatable bonds is 8. The van der Waals surface area contributed by atoms with Gasteiger partial charge in [-0.15, -0.1) is 0 Å². The minimum atomic E-state index is -0.530. The molecule has 0 aliphatic rings. The fraction of sp³-hybridized carbons (Fsp3) is 0.261. The molecule has 0 saturated heterocycles. The monoisotopic (exact) mass is 486 g/mol. The van der Waals surface area contributed by atoms with Crippen molar-refractivity contribution in [2.45, 2.75) is 20.8 Å². The smallest absolute Gasteiger partial charge is 0.343 e. The van der Waals surface area contributed by atoms with E-state index >= 15 is 0 Å². The van der Waals surface area contributed by atoms with Crippen molar-refractivity contribution in [3.05, 3.63) is 57.1 Å². The van der Waals surface area contributed by atoms with Crippen LogP contribution in [0.1, 0.15) is 23.6 Å². The van der Waals surface area contributed by atoms with Crippen molar-refractivity contribution < 1.29 is 23.8 Å². The Bertz CT molecular complexity index is 1060. The molecule has 0 aliphatic carbocycles. The minimum absolute atomic E-state index is 0.0766. The molecule has 0 bridgehead atoms. The number of nitriles is 1. The molecule has 2 rings (SSSR count). The van der Waals surface area contributed by atoms with E-state index in [2.05, 4.69) is 26.0 Å². The summed E-state index contributed by atoms with van der Waals surface area (Å²) >= 11 is 3.41. The summed E-state index contributed by atoms with van der Waals surface area (Å²) in [6.07, 6.45) is 1.46. The molecule has 2 aromatic rings. The average molecular weight is 487 g/mol. The number of amides is 1. The number of carbonyl (C=O) groups is 2. The largest absolute Gasteiger partial charge is 0.490 e. The van der Waals surface area contributed by atoms with Gasteiger partial charge in [0.15, 0.2) is 18.1 Å². The Hall–Kier alpha value is -3.31. The molecule has 0 heterocycles. The number of ether oxygens (including phenoxy) is 3. The van der Waals surface area contributed by atoms with Crippen LogP contribution in [0.15, 0.2) is 40.4 Å². The number of nitrogens with one attached hydrogen (secondary N) is 1. The van der Waals surface area contributed by atoms with Gasteiger partial charge >= 0.3 is 5.97 Å². The minimum Gasteiger partial charge on any atom is -0.490 e. The number of hydrogen-bond acceptors (Lipinski definition) is 6. The third-order valence-electron chi connectivity index (χ3n) is 4.45. The second kappa shape index (κ2) is 11.2. The summed E-state index contributed by atoms with van der Waals surface area (Å²) in [6.45, 7) is 5.73. The molecule has 8 heteroatoms. The van der Waals surface area contributed by atoms with Crippen LogP contribution in [0.5, 0.6) is 11.5 Å². The maximum absolute atomic E-state index is 12.7. The maximum Gasteiger partial charge on any atom is 0.343 e. The summed E-state index contributed by atoms with van der Waals surface area (Å²) < 4.78 is 16.2. The highest BCUT2D eigenvalue weighted by molar-refractivity contribution is 9.10. The number of nitrogens with zero attached hydrogens (tertiary/aromatic N) is 1. The van der Waals surface area contributed by atoms with Crippen LogP contribution < -0.4 is 14.8 Å². The Morgan fingerprint density at radius 2 is 1.90 bits per heavy atom. The lowest BCUT2D eigenvalue weighted by Crippen LogP contribution is -2.14. The van der Waals surface area contributed by atoms with E-state index in [-0.39, 0.29) is 12.2 Å². The van der Waals surface area contributed by atoms with Gasteiger partial charge in [-0.2, -0.15) is 5.26 Å². The van der Waals surface area contributed by atoms with Crippen LogP contribution in [0.25, 0.3) is 6.08 Å². The molecule has 1 N–H and O–H groups in total. The molecule has 162 valence electrons. The summed E-state index contributed by atoms with van der Waals surface area (Å²) in [5.41, 5.74) is 3.08. The fourth-order valence-electron chi connectivity index (χ4n) is 2.62. The first-order valence-electron chi connectivity index (χ1n) is 9.46. The quantitative estimate of drug-likeness (QED) is 0.333. The fourth-order valence-corrected chi connectivity index (χ4v) is 3.06. The van der Waals surface area contributed by atoms with E-state index < -0.39 is 11.9 Å². The van der Waals surface area contributed by atoms with E-state index in [9.17, 15) is 14.9 Å². The predicted molar refractivity (Wildman–Crippen MR) is 121 cm³/mol. The lowest BCUT2D eigenvalue weighted by molar-refractivity contribution is -0.142. The molecule has 1 amide bonds. The van der Waals surface area contributed by atoms with Crippen molar-refractivity contribution in [3.8, 4) is 17.6 Å². The van der Waals surface area contributed by atoms with Gasteiger partial charge in [0.05, 0.1) is 13.7 Å². The number of esters is 1. The number of carbonyl (C=O) groups excluding carboxylic acids is 2. The zero-order valence-corrected chi connectivity index (χ0v) is 19.3. The lowest BCUT2D eigenvalue weighted by atomic mass is 10.1. The number of anilines is 1. The molecule has 0 fully saturated rings. The number of methoxy groups -OCH3 is 1. The van der Waals surface area contributed by atoms with E-state index in [0.29, 0.717) is 33.8 Å². The summed E-state index contributed by atoms with van der Waals surface area (Å²) in [4.78, 5) is 24.1. The van der Waals surface area contributed by atoms with Crippen LogP contribution in [0.3, 0.4) is 0 Å². The van der Waals surface area contributed by atoms with Crippen molar-refractivity contribution in [3.63, 3.8) is 0 Å². The molecular weight excluding hydrogens is 464 g/mol. The van der Waals surface area contributed by atoms with Crippen LogP contribution in [0.2, 0.25) is 0 Å². The maximum atomic E-state index is 12.7. The Labute approximate surface area is 189 Å². The molecular formula is C23H23BrN2O5. The Morgan fingerprint density at radius 1 is 1.19 bits per heavy atom. The molecule has 31 heavy (non-hydrogen) atoms.